The van der Waals surface area contributed by atoms with Gasteiger partial charge in [-0.1, -0.05) is 25.6 Å². The third-order valence-electron chi connectivity index (χ3n) is 1.83. The Balaban J connectivity index is 2.27. The third kappa shape index (κ3) is 2.73. The molecule has 0 saturated heterocycles. The van der Waals surface area contributed by atoms with Gasteiger partial charge in [0.1, 0.15) is 0 Å². The quantitative estimate of drug-likeness (QED) is 0.703. The second-order valence-corrected chi connectivity index (χ2v) is 3.96. The highest BCUT2D eigenvalue weighted by Crippen LogP contribution is 2.19. The maximum Gasteiger partial charge on any atom is 0.156 e. The highest BCUT2D eigenvalue weighted by molar-refractivity contribution is 8.14. The van der Waals surface area contributed by atoms with Crippen molar-refractivity contribution in [2.24, 2.45) is 4.99 Å². The molecule has 11 heavy (non-hydrogen) atoms. The van der Waals surface area contributed by atoms with Crippen LogP contribution >= 0.6 is 11.8 Å². The minimum atomic E-state index is 0.749. The van der Waals surface area contributed by atoms with Gasteiger partial charge in [0, 0.05) is 11.8 Å². The predicted molar refractivity (Wildman–Crippen MR) is 52.3 cm³/mol. The Kier molecular flexibility index (Phi) is 3.77. The first-order chi connectivity index (χ1) is 5.36. The van der Waals surface area contributed by atoms with Crippen molar-refractivity contribution in [1.82, 2.24) is 5.32 Å². The lowest BCUT2D eigenvalue weighted by Crippen LogP contribution is -2.18. The molecule has 3 heteroatoms. The molecule has 0 aromatic heterocycles. The van der Waals surface area contributed by atoms with Gasteiger partial charge in [0.05, 0.1) is 6.54 Å². The molecule has 64 valence electrons. The molecule has 0 amide bonds. The molecule has 0 aliphatic carbocycles. The van der Waals surface area contributed by atoms with Gasteiger partial charge in [0.2, 0.25) is 0 Å². The van der Waals surface area contributed by atoms with Crippen molar-refractivity contribution < 1.29 is 0 Å². The number of rotatable bonds is 3. The predicted octanol–water partition coefficient (Wildman–Crippen LogP) is 1.87. The molecule has 1 aliphatic rings. The fourth-order valence-electron chi connectivity index (χ4n) is 1.07. The lowest BCUT2D eigenvalue weighted by Gasteiger charge is -2.10. The van der Waals surface area contributed by atoms with E-state index in [1.165, 1.54) is 12.8 Å². The van der Waals surface area contributed by atoms with Crippen LogP contribution in [0.3, 0.4) is 0 Å². The van der Waals surface area contributed by atoms with Crippen LogP contribution in [-0.2, 0) is 0 Å². The van der Waals surface area contributed by atoms with Gasteiger partial charge in [-0.05, 0) is 12.8 Å². The van der Waals surface area contributed by atoms with Gasteiger partial charge in [-0.25, -0.2) is 0 Å². The Hall–Kier alpha value is -0.180. The molecule has 1 aliphatic heterocycles. The van der Waals surface area contributed by atoms with Crippen LogP contribution in [0.2, 0.25) is 0 Å². The number of hydrogen-bond donors (Lipinski definition) is 1. The fourth-order valence-corrected chi connectivity index (χ4v) is 2.07. The molecule has 0 saturated carbocycles. The summed E-state index contributed by atoms with van der Waals surface area (Å²) in [4.78, 5) is 4.34. The van der Waals surface area contributed by atoms with Crippen molar-refractivity contribution >= 4 is 16.9 Å². The van der Waals surface area contributed by atoms with E-state index in [0.717, 1.165) is 23.5 Å². The molecule has 2 nitrogen and oxygen atoms in total. The summed E-state index contributed by atoms with van der Waals surface area (Å²) in [6.07, 6.45) is 2.48. The molecule has 0 unspecified atom stereocenters. The van der Waals surface area contributed by atoms with E-state index in [-0.39, 0.29) is 0 Å². The van der Waals surface area contributed by atoms with Crippen molar-refractivity contribution in [1.29, 1.82) is 0 Å². The Morgan fingerprint density at radius 1 is 1.55 bits per heavy atom. The first kappa shape index (κ1) is 8.91. The molecule has 0 radical (unpaired) electrons. The average Bonchev–Trinajstić information content (AvgIpc) is 2.52. The van der Waals surface area contributed by atoms with E-state index < -0.39 is 0 Å². The summed E-state index contributed by atoms with van der Waals surface area (Å²) in [5, 5.41) is 5.17. The second kappa shape index (κ2) is 4.65. The van der Waals surface area contributed by atoms with Crippen molar-refractivity contribution in [3.63, 3.8) is 0 Å². The van der Waals surface area contributed by atoms with E-state index >= 15 is 0 Å². The summed E-state index contributed by atoms with van der Waals surface area (Å²) in [6, 6.07) is 0. The number of hydrogen-bond acceptors (Lipinski definition) is 3. The molecule has 1 rings (SSSR count). The fraction of sp³-hybridized carbons (Fsp3) is 0.875. The number of nitrogens with one attached hydrogen (secondary N) is 1. The van der Waals surface area contributed by atoms with Crippen LogP contribution in [0, 0.1) is 0 Å². The first-order valence-electron chi connectivity index (χ1n) is 4.31. The Bertz CT molecular complexity index is 141. The third-order valence-corrected chi connectivity index (χ3v) is 3.33. The summed E-state index contributed by atoms with van der Waals surface area (Å²) in [6.45, 7) is 6.46. The maximum atomic E-state index is 4.34. The maximum absolute atomic E-state index is 4.34. The van der Waals surface area contributed by atoms with Crippen LogP contribution in [0.15, 0.2) is 4.99 Å². The van der Waals surface area contributed by atoms with Crippen LogP contribution in [-0.4, -0.2) is 23.5 Å². The molecule has 0 bridgehead atoms. The van der Waals surface area contributed by atoms with E-state index in [9.17, 15) is 0 Å². The summed E-state index contributed by atoms with van der Waals surface area (Å²) in [5.74, 6) is 0. The largest absolute Gasteiger partial charge is 0.363 e. The van der Waals surface area contributed by atoms with Gasteiger partial charge in [0.15, 0.2) is 5.17 Å². The van der Waals surface area contributed by atoms with Crippen molar-refractivity contribution in [2.75, 3.05) is 13.1 Å². The number of thioether (sulfide) groups is 1. The number of nitrogens with zero attached hydrogens (tertiary/aromatic N) is 1. The first-order valence-corrected chi connectivity index (χ1v) is 5.19. The molecular formula is C8H16N2S. The Labute approximate surface area is 72.9 Å². The van der Waals surface area contributed by atoms with Crippen molar-refractivity contribution in [3.05, 3.63) is 0 Å². The molecule has 0 spiro atoms. The highest BCUT2D eigenvalue weighted by Gasteiger charge is 2.11. The van der Waals surface area contributed by atoms with Crippen molar-refractivity contribution in [2.45, 2.75) is 31.9 Å². The summed E-state index contributed by atoms with van der Waals surface area (Å²) < 4.78 is 0. The zero-order valence-electron chi connectivity index (χ0n) is 7.26. The topological polar surface area (TPSA) is 24.4 Å². The molecule has 0 aromatic rings. The van der Waals surface area contributed by atoms with E-state index in [1.54, 1.807) is 0 Å². The lowest BCUT2D eigenvalue weighted by molar-refractivity contribution is 0.795. The van der Waals surface area contributed by atoms with Crippen molar-refractivity contribution in [3.8, 4) is 0 Å². The molecule has 1 heterocycles. The molecule has 0 fully saturated rings. The zero-order valence-corrected chi connectivity index (χ0v) is 8.08. The Morgan fingerprint density at radius 3 is 2.73 bits per heavy atom. The van der Waals surface area contributed by atoms with E-state index in [1.807, 2.05) is 11.8 Å². The number of amidine groups is 1. The van der Waals surface area contributed by atoms with Crippen LogP contribution in [0.4, 0.5) is 0 Å². The van der Waals surface area contributed by atoms with Gasteiger partial charge in [-0.15, -0.1) is 0 Å². The Morgan fingerprint density at radius 2 is 2.27 bits per heavy atom. The standard InChI is InChI=1S/C8H16N2S/c1-3-7(4-2)11-8-9-5-6-10-8/h7H,3-6H2,1-2H3,(H,9,10). The smallest absolute Gasteiger partial charge is 0.156 e. The minimum Gasteiger partial charge on any atom is -0.363 e. The highest BCUT2D eigenvalue weighted by atomic mass is 32.2. The molecule has 0 atom stereocenters. The van der Waals surface area contributed by atoms with Crippen LogP contribution in [0.5, 0.6) is 0 Å². The monoisotopic (exact) mass is 172 g/mol. The van der Waals surface area contributed by atoms with E-state index in [2.05, 4.69) is 24.2 Å². The molecular weight excluding hydrogens is 156 g/mol. The van der Waals surface area contributed by atoms with Crippen LogP contribution in [0.1, 0.15) is 26.7 Å². The van der Waals surface area contributed by atoms with Crippen LogP contribution in [0.25, 0.3) is 0 Å². The summed E-state index contributed by atoms with van der Waals surface area (Å²) in [5.41, 5.74) is 0. The van der Waals surface area contributed by atoms with Gasteiger partial charge in [0.25, 0.3) is 0 Å². The lowest BCUT2D eigenvalue weighted by atomic mass is 10.3. The summed E-state index contributed by atoms with van der Waals surface area (Å²) >= 11 is 1.89. The number of aliphatic imine (C=N–C) groups is 1. The van der Waals surface area contributed by atoms with Gasteiger partial charge in [-0.3, -0.25) is 4.99 Å². The van der Waals surface area contributed by atoms with E-state index in [0.29, 0.717) is 0 Å². The molecule has 0 aromatic carbocycles. The molecule has 1 N–H and O–H groups in total. The second-order valence-electron chi connectivity index (χ2n) is 2.67. The summed E-state index contributed by atoms with van der Waals surface area (Å²) in [7, 11) is 0. The zero-order chi connectivity index (χ0) is 8.10. The van der Waals surface area contributed by atoms with Gasteiger partial charge >= 0.3 is 0 Å². The van der Waals surface area contributed by atoms with Gasteiger partial charge in [-0.2, -0.15) is 0 Å². The van der Waals surface area contributed by atoms with Gasteiger partial charge < -0.3 is 5.32 Å². The normalized spacial score (nSPS) is 16.8. The van der Waals surface area contributed by atoms with Crippen LogP contribution < -0.4 is 5.32 Å². The average molecular weight is 172 g/mol. The SMILES string of the molecule is CCC(CC)SC1=NCCN1. The van der Waals surface area contributed by atoms with E-state index in [4.69, 9.17) is 0 Å². The minimum absolute atomic E-state index is 0.749.